The molecule has 0 aliphatic heterocycles. The van der Waals surface area contributed by atoms with Crippen molar-refractivity contribution in [2.24, 2.45) is 5.73 Å². The van der Waals surface area contributed by atoms with Crippen molar-refractivity contribution in [3.63, 3.8) is 0 Å². The highest BCUT2D eigenvalue weighted by molar-refractivity contribution is 7.88. The van der Waals surface area contributed by atoms with Gasteiger partial charge < -0.3 is 10.8 Å². The largest absolute Gasteiger partial charge is 0.396 e. The van der Waals surface area contributed by atoms with E-state index in [0.29, 0.717) is 19.5 Å². The molecule has 1 aromatic carbocycles. The Morgan fingerprint density at radius 1 is 1.19 bits per heavy atom. The van der Waals surface area contributed by atoms with Gasteiger partial charge in [0, 0.05) is 25.7 Å². The number of sulfonamides is 1. The molecule has 1 aliphatic rings. The van der Waals surface area contributed by atoms with Gasteiger partial charge in [-0.2, -0.15) is 4.31 Å². The van der Waals surface area contributed by atoms with E-state index in [1.165, 1.54) is 0 Å². The quantitative estimate of drug-likeness (QED) is 0.756. The zero-order chi connectivity index (χ0) is 15.3. The van der Waals surface area contributed by atoms with Crippen LogP contribution in [0.25, 0.3) is 0 Å². The third-order valence-corrected chi connectivity index (χ3v) is 5.88. The zero-order valence-electron chi connectivity index (χ0n) is 12.2. The minimum absolute atomic E-state index is 0.0137. The second-order valence-electron chi connectivity index (χ2n) is 5.55. The Labute approximate surface area is 126 Å². The number of aliphatic hydroxyl groups excluding tert-OH is 1. The molecule has 118 valence electrons. The van der Waals surface area contributed by atoms with Crippen molar-refractivity contribution in [1.82, 2.24) is 4.31 Å². The second kappa shape index (κ2) is 7.35. The van der Waals surface area contributed by atoms with Crippen LogP contribution in [0.4, 0.5) is 0 Å². The van der Waals surface area contributed by atoms with Crippen molar-refractivity contribution in [1.29, 1.82) is 0 Å². The van der Waals surface area contributed by atoms with Crippen LogP contribution in [-0.4, -0.2) is 37.0 Å². The van der Waals surface area contributed by atoms with Crippen molar-refractivity contribution in [3.8, 4) is 0 Å². The molecule has 5 nitrogen and oxygen atoms in total. The van der Waals surface area contributed by atoms with Gasteiger partial charge in [0.05, 0.1) is 5.75 Å². The van der Waals surface area contributed by atoms with Gasteiger partial charge >= 0.3 is 0 Å². The number of nitrogens with zero attached hydrogens (tertiary/aromatic N) is 1. The molecule has 0 heterocycles. The molecule has 2 rings (SSSR count). The molecular formula is C15H24N2O3S. The molecule has 0 unspecified atom stereocenters. The fourth-order valence-corrected chi connectivity index (χ4v) is 4.37. The van der Waals surface area contributed by atoms with Gasteiger partial charge in [-0.3, -0.25) is 0 Å². The average Bonchev–Trinajstić information content (AvgIpc) is 2.41. The second-order valence-corrected chi connectivity index (χ2v) is 7.47. The number of nitrogens with two attached hydrogens (primary N) is 1. The molecule has 0 bridgehead atoms. The fraction of sp³-hybridized carbons (Fsp3) is 0.600. The minimum atomic E-state index is -3.34. The summed E-state index contributed by atoms with van der Waals surface area (Å²) < 4.78 is 26.8. The minimum Gasteiger partial charge on any atom is -0.396 e. The third-order valence-electron chi connectivity index (χ3n) is 3.98. The molecular weight excluding hydrogens is 288 g/mol. The van der Waals surface area contributed by atoms with Crippen molar-refractivity contribution in [2.75, 3.05) is 13.2 Å². The van der Waals surface area contributed by atoms with Crippen LogP contribution in [0.15, 0.2) is 24.3 Å². The molecule has 1 aromatic rings. The van der Waals surface area contributed by atoms with Crippen molar-refractivity contribution in [2.45, 2.75) is 44.0 Å². The highest BCUT2D eigenvalue weighted by atomic mass is 32.2. The molecule has 0 radical (unpaired) electrons. The standard InChI is InChI=1S/C15H24N2O3S/c16-11-13-5-7-14(8-6-13)12-21(19,20)17(9-2-10-18)15-3-1-4-15/h5-8,15,18H,1-4,9-12,16H2. The van der Waals surface area contributed by atoms with Gasteiger partial charge in [-0.25, -0.2) is 8.42 Å². The molecule has 0 spiro atoms. The van der Waals surface area contributed by atoms with E-state index in [9.17, 15) is 8.42 Å². The van der Waals surface area contributed by atoms with Crippen LogP contribution < -0.4 is 5.73 Å². The van der Waals surface area contributed by atoms with Crippen LogP contribution in [0, 0.1) is 0 Å². The Bertz CT molecular complexity index is 539. The number of benzene rings is 1. The van der Waals surface area contributed by atoms with E-state index in [0.717, 1.165) is 30.4 Å². The van der Waals surface area contributed by atoms with Gasteiger partial charge in [-0.1, -0.05) is 30.7 Å². The predicted octanol–water partition coefficient (Wildman–Crippen LogP) is 1.21. The lowest BCUT2D eigenvalue weighted by Crippen LogP contribution is -2.45. The lowest BCUT2D eigenvalue weighted by Gasteiger charge is -2.36. The highest BCUT2D eigenvalue weighted by Gasteiger charge is 2.33. The SMILES string of the molecule is NCc1ccc(CS(=O)(=O)N(CCCO)C2CCC2)cc1. The Morgan fingerprint density at radius 2 is 1.81 bits per heavy atom. The molecule has 6 heteroatoms. The summed E-state index contributed by atoms with van der Waals surface area (Å²) in [5, 5.41) is 8.97. The Hall–Kier alpha value is -0.950. The van der Waals surface area contributed by atoms with E-state index in [-0.39, 0.29) is 18.4 Å². The van der Waals surface area contributed by atoms with Gasteiger partial charge in [0.1, 0.15) is 0 Å². The van der Waals surface area contributed by atoms with Crippen LogP contribution >= 0.6 is 0 Å². The summed E-state index contributed by atoms with van der Waals surface area (Å²) in [7, 11) is -3.34. The first-order valence-electron chi connectivity index (χ1n) is 7.45. The van der Waals surface area contributed by atoms with Gasteiger partial charge in [-0.05, 0) is 30.4 Å². The number of rotatable bonds is 8. The van der Waals surface area contributed by atoms with E-state index >= 15 is 0 Å². The third kappa shape index (κ3) is 4.26. The van der Waals surface area contributed by atoms with Crippen LogP contribution in [-0.2, 0) is 22.3 Å². The van der Waals surface area contributed by atoms with Crippen LogP contribution in [0.1, 0.15) is 36.8 Å². The molecule has 1 fully saturated rings. The summed E-state index contributed by atoms with van der Waals surface area (Å²) in [4.78, 5) is 0. The smallest absolute Gasteiger partial charge is 0.218 e. The lowest BCUT2D eigenvalue weighted by molar-refractivity contribution is 0.198. The van der Waals surface area contributed by atoms with E-state index < -0.39 is 10.0 Å². The summed E-state index contributed by atoms with van der Waals surface area (Å²) in [6, 6.07) is 7.50. The number of aliphatic hydroxyl groups is 1. The van der Waals surface area contributed by atoms with Crippen molar-refractivity contribution in [3.05, 3.63) is 35.4 Å². The van der Waals surface area contributed by atoms with Crippen LogP contribution in [0.3, 0.4) is 0 Å². The maximum atomic E-state index is 12.6. The average molecular weight is 312 g/mol. The fourth-order valence-electron chi connectivity index (χ4n) is 2.52. The Morgan fingerprint density at radius 3 is 2.29 bits per heavy atom. The first kappa shape index (κ1) is 16.4. The molecule has 0 atom stereocenters. The van der Waals surface area contributed by atoms with E-state index in [4.69, 9.17) is 10.8 Å². The van der Waals surface area contributed by atoms with Crippen molar-refractivity contribution < 1.29 is 13.5 Å². The Balaban J connectivity index is 2.09. The molecule has 0 amide bonds. The van der Waals surface area contributed by atoms with Crippen molar-refractivity contribution >= 4 is 10.0 Å². The van der Waals surface area contributed by atoms with Gasteiger partial charge in [-0.15, -0.1) is 0 Å². The van der Waals surface area contributed by atoms with Crippen LogP contribution in [0.5, 0.6) is 0 Å². The van der Waals surface area contributed by atoms with Gasteiger partial charge in [0.25, 0.3) is 0 Å². The monoisotopic (exact) mass is 312 g/mol. The summed E-state index contributed by atoms with van der Waals surface area (Å²) >= 11 is 0. The molecule has 1 aliphatic carbocycles. The molecule has 0 saturated heterocycles. The molecule has 0 aromatic heterocycles. The number of hydrogen-bond acceptors (Lipinski definition) is 4. The summed E-state index contributed by atoms with van der Waals surface area (Å²) in [5.41, 5.74) is 7.32. The van der Waals surface area contributed by atoms with E-state index in [2.05, 4.69) is 0 Å². The maximum Gasteiger partial charge on any atom is 0.218 e. The van der Waals surface area contributed by atoms with Gasteiger partial charge in [0.15, 0.2) is 0 Å². The summed E-state index contributed by atoms with van der Waals surface area (Å²) in [6.45, 7) is 0.881. The summed E-state index contributed by atoms with van der Waals surface area (Å²) in [5.74, 6) is 0.0137. The maximum absolute atomic E-state index is 12.6. The molecule has 21 heavy (non-hydrogen) atoms. The topological polar surface area (TPSA) is 83.6 Å². The Kier molecular flexibility index (Phi) is 5.75. The van der Waals surface area contributed by atoms with E-state index in [1.807, 2.05) is 24.3 Å². The first-order chi connectivity index (χ1) is 10.1. The van der Waals surface area contributed by atoms with Gasteiger partial charge in [0.2, 0.25) is 10.0 Å². The normalized spacial score (nSPS) is 16.1. The van der Waals surface area contributed by atoms with E-state index in [1.54, 1.807) is 4.31 Å². The predicted molar refractivity (Wildman–Crippen MR) is 83.0 cm³/mol. The molecule has 1 saturated carbocycles. The molecule has 3 N–H and O–H groups in total. The van der Waals surface area contributed by atoms with Crippen LogP contribution in [0.2, 0.25) is 0 Å². The highest BCUT2D eigenvalue weighted by Crippen LogP contribution is 2.28. The summed E-state index contributed by atoms with van der Waals surface area (Å²) in [6.07, 6.45) is 3.43. The lowest BCUT2D eigenvalue weighted by atomic mass is 9.93. The first-order valence-corrected chi connectivity index (χ1v) is 9.06. The zero-order valence-corrected chi connectivity index (χ0v) is 13.1. The number of hydrogen-bond donors (Lipinski definition) is 2.